The number of nitrogens with one attached hydrogen (secondary N) is 1. The van der Waals surface area contributed by atoms with Crippen molar-refractivity contribution < 1.29 is 17.9 Å². The van der Waals surface area contributed by atoms with Gasteiger partial charge in [0.2, 0.25) is 0 Å². The van der Waals surface area contributed by atoms with E-state index < -0.39 is 16.3 Å². The summed E-state index contributed by atoms with van der Waals surface area (Å²) in [4.78, 5) is 11.0. The molecule has 0 aromatic heterocycles. The van der Waals surface area contributed by atoms with E-state index in [1.165, 1.54) is 7.05 Å². The fraction of sp³-hybridized carbons (Fsp3) is 0.875. The van der Waals surface area contributed by atoms with E-state index in [1.54, 1.807) is 11.6 Å². The molecular weight excluding hydrogens is 234 g/mol. The van der Waals surface area contributed by atoms with Crippen LogP contribution in [0.15, 0.2) is 0 Å². The number of nitrogens with zero attached hydrogens (tertiary/aromatic N) is 1. The number of carbonyl (C=O) groups is 1. The van der Waals surface area contributed by atoms with Crippen molar-refractivity contribution in [2.45, 2.75) is 13.8 Å². The van der Waals surface area contributed by atoms with Crippen LogP contribution in [0.25, 0.3) is 0 Å². The second-order valence-electron chi connectivity index (χ2n) is 3.45. The molecule has 0 spiro atoms. The fourth-order valence-electron chi connectivity index (χ4n) is 0.955. The zero-order chi connectivity index (χ0) is 12.8. The summed E-state index contributed by atoms with van der Waals surface area (Å²) in [6.45, 7) is 4.14. The Labute approximate surface area is 96.1 Å². The maximum atomic E-state index is 11.5. The molecule has 96 valence electrons. The molecule has 1 unspecified atom stereocenters. The van der Waals surface area contributed by atoms with Crippen molar-refractivity contribution in [3.05, 3.63) is 0 Å². The molecule has 7 nitrogen and oxygen atoms in total. The highest BCUT2D eigenvalue weighted by molar-refractivity contribution is 7.87. The molecule has 0 aliphatic heterocycles. The van der Waals surface area contributed by atoms with Crippen LogP contribution in [0.3, 0.4) is 0 Å². The van der Waals surface area contributed by atoms with Gasteiger partial charge in [-0.3, -0.25) is 0 Å². The third-order valence-electron chi connectivity index (χ3n) is 1.87. The van der Waals surface area contributed by atoms with Crippen LogP contribution in [0.4, 0.5) is 4.79 Å². The summed E-state index contributed by atoms with van der Waals surface area (Å²) in [5, 5.41) is 0. The molecule has 0 rings (SSSR count). The van der Waals surface area contributed by atoms with Gasteiger partial charge in [0.05, 0.1) is 6.61 Å². The Morgan fingerprint density at radius 1 is 1.56 bits per heavy atom. The van der Waals surface area contributed by atoms with E-state index in [1.807, 2.05) is 6.92 Å². The molecule has 1 atom stereocenters. The molecule has 3 N–H and O–H groups in total. The van der Waals surface area contributed by atoms with E-state index in [9.17, 15) is 13.2 Å². The maximum absolute atomic E-state index is 11.5. The molecule has 0 aromatic carbocycles. The second-order valence-corrected chi connectivity index (χ2v) is 5.23. The summed E-state index contributed by atoms with van der Waals surface area (Å²) >= 11 is 0. The van der Waals surface area contributed by atoms with Gasteiger partial charge in [-0.05, 0) is 19.4 Å². The Hall–Kier alpha value is -0.860. The Kier molecular flexibility index (Phi) is 6.31. The van der Waals surface area contributed by atoms with Gasteiger partial charge in [-0.25, -0.2) is 9.52 Å². The van der Waals surface area contributed by atoms with Crippen molar-refractivity contribution in [2.24, 2.45) is 11.7 Å². The zero-order valence-corrected chi connectivity index (χ0v) is 10.6. The molecule has 1 amide bonds. The highest BCUT2D eigenvalue weighted by Gasteiger charge is 2.22. The molecule has 0 saturated carbocycles. The predicted octanol–water partition coefficient (Wildman–Crippen LogP) is -0.496. The van der Waals surface area contributed by atoms with Crippen molar-refractivity contribution >= 4 is 16.3 Å². The topological polar surface area (TPSA) is 102 Å². The average Bonchev–Trinajstić information content (AvgIpc) is 2.16. The summed E-state index contributed by atoms with van der Waals surface area (Å²) < 4.78 is 30.4. The number of nitrogens with two attached hydrogens (primary N) is 1. The van der Waals surface area contributed by atoms with Gasteiger partial charge in [0.1, 0.15) is 0 Å². The van der Waals surface area contributed by atoms with Crippen molar-refractivity contribution in [3.63, 3.8) is 0 Å². The second kappa shape index (κ2) is 6.66. The maximum Gasteiger partial charge on any atom is 0.421 e. The molecule has 0 saturated heterocycles. The Balaban J connectivity index is 4.37. The highest BCUT2D eigenvalue weighted by Crippen LogP contribution is 2.00. The number of carbonyl (C=O) groups excluding carboxylic acids is 1. The summed E-state index contributed by atoms with van der Waals surface area (Å²) in [5.41, 5.74) is 5.38. The number of ether oxygens (including phenoxy) is 1. The van der Waals surface area contributed by atoms with Crippen LogP contribution in [0.1, 0.15) is 13.8 Å². The Morgan fingerprint density at radius 2 is 2.12 bits per heavy atom. The van der Waals surface area contributed by atoms with E-state index in [2.05, 4.69) is 4.74 Å². The molecule has 0 radical (unpaired) electrons. The van der Waals surface area contributed by atoms with Gasteiger partial charge in [-0.15, -0.1) is 0 Å². The number of hydrogen-bond acceptors (Lipinski definition) is 5. The van der Waals surface area contributed by atoms with Crippen LogP contribution in [0, 0.1) is 5.92 Å². The Bertz CT molecular complexity index is 317. The quantitative estimate of drug-likeness (QED) is 0.664. The Morgan fingerprint density at radius 3 is 2.56 bits per heavy atom. The monoisotopic (exact) mass is 253 g/mol. The standard InChI is InChI=1S/C8H19N3O4S/c1-4-15-8(12)10-16(13,14)11(3)6-7(2)5-9/h7H,4-6,9H2,1-3H3,(H,10,12). The summed E-state index contributed by atoms with van der Waals surface area (Å²) in [6, 6.07) is 0. The molecule has 0 bridgehead atoms. The lowest BCUT2D eigenvalue weighted by atomic mass is 10.2. The van der Waals surface area contributed by atoms with E-state index in [4.69, 9.17) is 5.73 Å². The lowest BCUT2D eigenvalue weighted by Gasteiger charge is -2.20. The van der Waals surface area contributed by atoms with E-state index in [0.717, 1.165) is 4.31 Å². The summed E-state index contributed by atoms with van der Waals surface area (Å²) in [6.07, 6.45) is -0.977. The largest absolute Gasteiger partial charge is 0.449 e. The van der Waals surface area contributed by atoms with E-state index in [0.29, 0.717) is 6.54 Å². The minimum absolute atomic E-state index is 0.0174. The first-order valence-electron chi connectivity index (χ1n) is 4.94. The van der Waals surface area contributed by atoms with Gasteiger partial charge < -0.3 is 10.5 Å². The third kappa shape index (κ3) is 5.29. The normalized spacial score (nSPS) is 13.6. The van der Waals surface area contributed by atoms with Gasteiger partial charge >= 0.3 is 16.3 Å². The van der Waals surface area contributed by atoms with Crippen LogP contribution in [-0.4, -0.2) is 45.6 Å². The summed E-state index contributed by atoms with van der Waals surface area (Å²) in [7, 11) is -2.46. The van der Waals surface area contributed by atoms with Gasteiger partial charge in [0.25, 0.3) is 0 Å². The van der Waals surface area contributed by atoms with Crippen LogP contribution in [0.5, 0.6) is 0 Å². The number of amides is 1. The zero-order valence-electron chi connectivity index (χ0n) is 9.76. The number of rotatable bonds is 6. The van der Waals surface area contributed by atoms with Crippen LogP contribution in [-0.2, 0) is 14.9 Å². The molecule has 0 aromatic rings. The van der Waals surface area contributed by atoms with Crippen molar-refractivity contribution in [1.29, 1.82) is 0 Å². The first kappa shape index (κ1) is 15.1. The molecule has 8 heteroatoms. The van der Waals surface area contributed by atoms with Crippen molar-refractivity contribution in [2.75, 3.05) is 26.7 Å². The van der Waals surface area contributed by atoms with Crippen molar-refractivity contribution in [1.82, 2.24) is 9.03 Å². The first-order chi connectivity index (χ1) is 7.33. The number of hydrogen-bond donors (Lipinski definition) is 2. The third-order valence-corrected chi connectivity index (χ3v) is 3.26. The summed E-state index contributed by atoms with van der Waals surface area (Å²) in [5.74, 6) is 0.0174. The van der Waals surface area contributed by atoms with Crippen LogP contribution < -0.4 is 10.5 Å². The smallest absolute Gasteiger partial charge is 0.421 e. The lowest BCUT2D eigenvalue weighted by molar-refractivity contribution is 0.158. The van der Waals surface area contributed by atoms with Crippen LogP contribution in [0.2, 0.25) is 0 Å². The van der Waals surface area contributed by atoms with Crippen LogP contribution >= 0.6 is 0 Å². The van der Waals surface area contributed by atoms with Gasteiger partial charge in [0.15, 0.2) is 0 Å². The molecular formula is C8H19N3O4S. The SMILES string of the molecule is CCOC(=O)NS(=O)(=O)N(C)CC(C)CN. The van der Waals surface area contributed by atoms with E-state index in [-0.39, 0.29) is 19.1 Å². The first-order valence-corrected chi connectivity index (χ1v) is 6.38. The highest BCUT2D eigenvalue weighted by atomic mass is 32.2. The van der Waals surface area contributed by atoms with Gasteiger partial charge in [-0.2, -0.15) is 12.7 Å². The molecule has 0 aliphatic rings. The molecule has 16 heavy (non-hydrogen) atoms. The molecule has 0 aliphatic carbocycles. The predicted molar refractivity (Wildman–Crippen MR) is 59.9 cm³/mol. The van der Waals surface area contributed by atoms with E-state index >= 15 is 0 Å². The minimum atomic E-state index is -3.83. The fourth-order valence-corrected chi connectivity index (χ4v) is 1.83. The van der Waals surface area contributed by atoms with Crippen molar-refractivity contribution in [3.8, 4) is 0 Å². The molecule has 0 heterocycles. The molecule has 0 fully saturated rings. The van der Waals surface area contributed by atoms with Gasteiger partial charge in [0, 0.05) is 13.6 Å². The van der Waals surface area contributed by atoms with Gasteiger partial charge in [-0.1, -0.05) is 6.92 Å². The average molecular weight is 253 g/mol. The lowest BCUT2D eigenvalue weighted by Crippen LogP contribution is -2.44. The minimum Gasteiger partial charge on any atom is -0.449 e.